The van der Waals surface area contributed by atoms with Crippen LogP contribution in [0.5, 0.6) is 0 Å². The van der Waals surface area contributed by atoms with Crippen LogP contribution in [0.3, 0.4) is 0 Å². The molecule has 2 heterocycles. The molecule has 0 saturated heterocycles. The second kappa shape index (κ2) is 5.83. The number of nitrogens with zero attached hydrogens (tertiary/aromatic N) is 4. The summed E-state index contributed by atoms with van der Waals surface area (Å²) in [5, 5.41) is 21.2. The molecule has 11 nitrogen and oxygen atoms in total. The van der Waals surface area contributed by atoms with Gasteiger partial charge in [0.2, 0.25) is 5.28 Å². The van der Waals surface area contributed by atoms with Crippen LogP contribution in [-0.4, -0.2) is 58.3 Å². The predicted octanol–water partition coefficient (Wildman–Crippen LogP) is -0.156. The third kappa shape index (κ3) is 2.55. The van der Waals surface area contributed by atoms with Gasteiger partial charge in [-0.05, 0) is 30.4 Å². The standard InChI is InChI=1S/C13H17ClN5O6P/c14-12-17-10(15)6-11(18-12)19(4-16-6)7-5-1-2-13(5,9(21)8(7)20)3-25-26(22,23)24/h4-5,7-9,20-21H,1-3H2,(H2,15,17,18)(H2,22,23,24)/t5-,7-,8+,9+,13+/m1/s1. The van der Waals surface area contributed by atoms with Gasteiger partial charge >= 0.3 is 7.82 Å². The van der Waals surface area contributed by atoms with Crippen LogP contribution in [-0.2, 0) is 9.09 Å². The van der Waals surface area contributed by atoms with E-state index in [0.717, 1.165) is 0 Å². The Balaban J connectivity index is 1.74. The molecule has 6 N–H and O–H groups in total. The molecule has 5 atom stereocenters. The zero-order valence-corrected chi connectivity index (χ0v) is 15.0. The average molecular weight is 406 g/mol. The maximum atomic E-state index is 11.1. The Morgan fingerprint density at radius 2 is 2.15 bits per heavy atom. The van der Waals surface area contributed by atoms with E-state index >= 15 is 0 Å². The number of fused-ring (bicyclic) bond motifs is 2. The minimum atomic E-state index is -4.70. The van der Waals surface area contributed by atoms with Crippen molar-refractivity contribution in [2.24, 2.45) is 11.3 Å². The van der Waals surface area contributed by atoms with Crippen molar-refractivity contribution in [3.63, 3.8) is 0 Å². The minimum absolute atomic E-state index is 0.0745. The SMILES string of the molecule is Nc1nc(Cl)nc2c1ncn2[C@H]1[C@H](O)[C@H](O)[C@]2(COP(=O)(O)O)CC[C@H]12. The molecule has 0 radical (unpaired) electrons. The Hall–Kier alpha value is -1.33. The van der Waals surface area contributed by atoms with Crippen molar-refractivity contribution < 1.29 is 29.1 Å². The van der Waals surface area contributed by atoms with Crippen molar-refractivity contribution in [2.75, 3.05) is 12.3 Å². The lowest BCUT2D eigenvalue weighted by atomic mass is 9.60. The number of nitrogens with two attached hydrogens (primary N) is 1. The molecule has 26 heavy (non-hydrogen) atoms. The molecular formula is C13H17ClN5O6P. The number of halogens is 1. The van der Waals surface area contributed by atoms with Gasteiger partial charge in [-0.15, -0.1) is 0 Å². The summed E-state index contributed by atoms with van der Waals surface area (Å²) in [4.78, 5) is 30.1. The lowest BCUT2D eigenvalue weighted by Gasteiger charge is -2.47. The number of aliphatic hydroxyl groups excluding tert-OH is 2. The maximum absolute atomic E-state index is 11.1. The van der Waals surface area contributed by atoms with E-state index in [-0.39, 0.29) is 23.6 Å². The van der Waals surface area contributed by atoms with E-state index in [4.69, 9.17) is 27.1 Å². The fourth-order valence-corrected chi connectivity index (χ4v) is 4.86. The highest BCUT2D eigenvalue weighted by atomic mass is 35.5. The first-order chi connectivity index (χ1) is 12.1. The molecule has 2 fully saturated rings. The van der Waals surface area contributed by atoms with Crippen molar-refractivity contribution >= 4 is 36.4 Å². The Kier molecular flexibility index (Phi) is 4.05. The molecule has 4 rings (SSSR count). The zero-order valence-electron chi connectivity index (χ0n) is 13.3. The highest BCUT2D eigenvalue weighted by Gasteiger charge is 2.65. The Bertz CT molecular complexity index is 920. The summed E-state index contributed by atoms with van der Waals surface area (Å²) in [5.74, 6) is -0.192. The van der Waals surface area contributed by atoms with E-state index in [0.29, 0.717) is 24.0 Å². The fourth-order valence-electron chi connectivity index (χ4n) is 4.28. The molecule has 2 aromatic rings. The van der Waals surface area contributed by atoms with E-state index in [1.807, 2.05) is 0 Å². The van der Waals surface area contributed by atoms with Gasteiger partial charge in [-0.3, -0.25) is 4.52 Å². The van der Waals surface area contributed by atoms with Gasteiger partial charge in [-0.25, -0.2) is 9.55 Å². The normalized spacial score (nSPS) is 34.0. The van der Waals surface area contributed by atoms with Crippen LogP contribution in [0.2, 0.25) is 5.28 Å². The molecule has 0 aliphatic heterocycles. The van der Waals surface area contributed by atoms with Crippen LogP contribution in [0.15, 0.2) is 6.33 Å². The molecule has 13 heteroatoms. The van der Waals surface area contributed by atoms with E-state index in [2.05, 4.69) is 19.5 Å². The summed E-state index contributed by atoms with van der Waals surface area (Å²) in [7, 11) is -4.70. The average Bonchev–Trinajstić information content (AvgIpc) is 2.98. The van der Waals surface area contributed by atoms with Gasteiger partial charge in [-0.2, -0.15) is 9.97 Å². The van der Waals surface area contributed by atoms with E-state index < -0.39 is 31.5 Å². The van der Waals surface area contributed by atoms with Crippen LogP contribution in [0.25, 0.3) is 11.2 Å². The third-order valence-corrected chi connectivity index (χ3v) is 6.21. The number of phosphoric ester groups is 1. The van der Waals surface area contributed by atoms with Crippen molar-refractivity contribution in [1.29, 1.82) is 0 Å². The van der Waals surface area contributed by atoms with Crippen LogP contribution < -0.4 is 5.73 Å². The number of aliphatic hydroxyl groups is 2. The number of nitrogen functional groups attached to an aromatic ring is 1. The maximum Gasteiger partial charge on any atom is 0.469 e. The smallest absolute Gasteiger partial charge is 0.390 e. The highest BCUT2D eigenvalue weighted by molar-refractivity contribution is 7.46. The molecule has 142 valence electrons. The van der Waals surface area contributed by atoms with Crippen LogP contribution in [0.1, 0.15) is 18.9 Å². The molecule has 2 aliphatic carbocycles. The van der Waals surface area contributed by atoms with E-state index in [1.54, 1.807) is 4.57 Å². The molecule has 2 saturated carbocycles. The quantitative estimate of drug-likeness (QED) is 0.339. The lowest BCUT2D eigenvalue weighted by Crippen LogP contribution is -2.49. The first-order valence-electron chi connectivity index (χ1n) is 7.86. The number of aromatic nitrogens is 4. The molecule has 0 unspecified atom stereocenters. The first kappa shape index (κ1) is 18.1. The van der Waals surface area contributed by atoms with Crippen molar-refractivity contribution in [1.82, 2.24) is 19.5 Å². The van der Waals surface area contributed by atoms with Gasteiger partial charge in [0.15, 0.2) is 11.5 Å². The molecule has 2 aromatic heterocycles. The number of hydrogen-bond donors (Lipinski definition) is 5. The van der Waals surface area contributed by atoms with E-state index in [9.17, 15) is 14.8 Å². The summed E-state index contributed by atoms with van der Waals surface area (Å²) in [6.07, 6.45) is 0.124. The zero-order chi connectivity index (χ0) is 18.9. The Morgan fingerprint density at radius 3 is 2.77 bits per heavy atom. The summed E-state index contributed by atoms with van der Waals surface area (Å²) >= 11 is 5.87. The van der Waals surface area contributed by atoms with Crippen molar-refractivity contribution in [3.05, 3.63) is 11.6 Å². The van der Waals surface area contributed by atoms with Crippen LogP contribution in [0, 0.1) is 11.3 Å². The molecule has 0 amide bonds. The summed E-state index contributed by atoms with van der Waals surface area (Å²) in [5.41, 5.74) is 5.48. The van der Waals surface area contributed by atoms with Gasteiger partial charge in [-0.1, -0.05) is 0 Å². The molecule has 0 aromatic carbocycles. The number of phosphoric acid groups is 1. The summed E-state index contributed by atoms with van der Waals surface area (Å²) < 4.78 is 17.3. The second-order valence-corrected chi connectivity index (χ2v) is 8.35. The van der Waals surface area contributed by atoms with Crippen LogP contribution in [0.4, 0.5) is 5.82 Å². The van der Waals surface area contributed by atoms with E-state index in [1.165, 1.54) is 6.33 Å². The fraction of sp³-hybridized carbons (Fsp3) is 0.615. The molecular weight excluding hydrogens is 389 g/mol. The number of hydrogen-bond acceptors (Lipinski definition) is 8. The lowest BCUT2D eigenvalue weighted by molar-refractivity contribution is -0.0969. The van der Waals surface area contributed by atoms with Gasteiger partial charge in [0.25, 0.3) is 0 Å². The first-order valence-corrected chi connectivity index (χ1v) is 9.77. The molecule has 0 spiro atoms. The second-order valence-electron chi connectivity index (χ2n) is 6.77. The Labute approximate surface area is 152 Å². The number of anilines is 1. The van der Waals surface area contributed by atoms with Crippen molar-refractivity contribution in [3.8, 4) is 0 Å². The van der Waals surface area contributed by atoms with Gasteiger partial charge in [0, 0.05) is 5.41 Å². The van der Waals surface area contributed by atoms with Gasteiger partial charge in [0.1, 0.15) is 11.6 Å². The van der Waals surface area contributed by atoms with Gasteiger partial charge < -0.3 is 30.3 Å². The highest BCUT2D eigenvalue weighted by Crippen LogP contribution is 2.63. The summed E-state index contributed by atoms with van der Waals surface area (Å²) in [6.45, 7) is -0.360. The summed E-state index contributed by atoms with van der Waals surface area (Å²) in [6, 6.07) is -0.616. The molecule has 0 bridgehead atoms. The van der Waals surface area contributed by atoms with Crippen LogP contribution >= 0.6 is 19.4 Å². The predicted molar refractivity (Wildman–Crippen MR) is 88.9 cm³/mol. The van der Waals surface area contributed by atoms with Crippen molar-refractivity contribution in [2.45, 2.75) is 31.1 Å². The number of rotatable bonds is 4. The molecule has 2 aliphatic rings. The third-order valence-electron chi connectivity index (χ3n) is 5.58. The number of imidazole rings is 1. The largest absolute Gasteiger partial charge is 0.469 e. The topological polar surface area (TPSA) is 177 Å². The van der Waals surface area contributed by atoms with Gasteiger partial charge in [0.05, 0.1) is 25.1 Å². The minimum Gasteiger partial charge on any atom is -0.390 e. The monoisotopic (exact) mass is 405 g/mol. The Morgan fingerprint density at radius 1 is 1.42 bits per heavy atom.